The summed E-state index contributed by atoms with van der Waals surface area (Å²) < 4.78 is 4.94. The first kappa shape index (κ1) is 15.1. The Kier molecular flexibility index (Phi) is 4.62. The molecule has 2 amide bonds. The molecule has 1 N–H and O–H groups in total. The lowest BCUT2D eigenvalue weighted by Crippen LogP contribution is -2.37. The quantitative estimate of drug-likeness (QED) is 0.645. The fourth-order valence-corrected chi connectivity index (χ4v) is 2.18. The van der Waals surface area contributed by atoms with Gasteiger partial charge in [-0.05, 0) is 31.4 Å². The number of anilines is 1. The van der Waals surface area contributed by atoms with E-state index in [4.69, 9.17) is 4.74 Å². The van der Waals surface area contributed by atoms with Gasteiger partial charge in [-0.3, -0.25) is 10.1 Å². The molecule has 0 aliphatic heterocycles. The van der Waals surface area contributed by atoms with E-state index in [1.165, 1.54) is 19.2 Å². The summed E-state index contributed by atoms with van der Waals surface area (Å²) in [6, 6.07) is 4.49. The maximum atomic E-state index is 12.2. The van der Waals surface area contributed by atoms with Crippen molar-refractivity contribution in [2.75, 3.05) is 19.0 Å². The smallest absolute Gasteiger partial charge is 0.322 e. The molecule has 2 rings (SSSR count). The van der Waals surface area contributed by atoms with Crippen LogP contribution < -0.4 is 10.1 Å². The van der Waals surface area contributed by atoms with Crippen LogP contribution >= 0.6 is 0 Å². The minimum absolute atomic E-state index is 0.163. The van der Waals surface area contributed by atoms with Gasteiger partial charge in [-0.25, -0.2) is 4.79 Å². The van der Waals surface area contributed by atoms with Crippen LogP contribution in [0, 0.1) is 10.1 Å². The van der Waals surface area contributed by atoms with Crippen LogP contribution in [0.3, 0.4) is 0 Å². The van der Waals surface area contributed by atoms with Crippen molar-refractivity contribution in [2.24, 2.45) is 0 Å². The zero-order valence-corrected chi connectivity index (χ0v) is 12.2. The van der Waals surface area contributed by atoms with E-state index in [9.17, 15) is 14.9 Å². The minimum atomic E-state index is -0.529. The summed E-state index contributed by atoms with van der Waals surface area (Å²) in [7, 11) is 1.37. The molecule has 114 valence electrons. The standard InChI is InChI=1S/C14H19N3O4/c1-3-8-16(11-5-6-11)14(18)15-10-4-7-13(21-2)12(9-10)17(19)20/h4,7,9,11H,3,5-6,8H2,1-2H3,(H,15,18). The van der Waals surface area contributed by atoms with Crippen LogP contribution in [0.25, 0.3) is 0 Å². The van der Waals surface area contributed by atoms with Gasteiger partial charge in [-0.2, -0.15) is 0 Å². The van der Waals surface area contributed by atoms with Gasteiger partial charge < -0.3 is 15.0 Å². The van der Waals surface area contributed by atoms with Gasteiger partial charge in [0.05, 0.1) is 12.0 Å². The van der Waals surface area contributed by atoms with Crippen LogP contribution in [-0.2, 0) is 0 Å². The predicted molar refractivity (Wildman–Crippen MR) is 78.7 cm³/mol. The lowest BCUT2D eigenvalue weighted by molar-refractivity contribution is -0.385. The Balaban J connectivity index is 2.13. The summed E-state index contributed by atoms with van der Waals surface area (Å²) >= 11 is 0. The highest BCUT2D eigenvalue weighted by molar-refractivity contribution is 5.90. The van der Waals surface area contributed by atoms with Crippen LogP contribution in [0.4, 0.5) is 16.2 Å². The van der Waals surface area contributed by atoms with E-state index >= 15 is 0 Å². The highest BCUT2D eigenvalue weighted by Crippen LogP contribution is 2.31. The van der Waals surface area contributed by atoms with E-state index in [0.717, 1.165) is 19.3 Å². The molecule has 0 aromatic heterocycles. The van der Waals surface area contributed by atoms with Gasteiger partial charge >= 0.3 is 11.7 Å². The van der Waals surface area contributed by atoms with Crippen molar-refractivity contribution in [1.82, 2.24) is 4.90 Å². The molecular formula is C14H19N3O4. The van der Waals surface area contributed by atoms with Gasteiger partial charge in [0.2, 0.25) is 0 Å². The summed E-state index contributed by atoms with van der Waals surface area (Å²) in [4.78, 5) is 24.5. The van der Waals surface area contributed by atoms with Gasteiger partial charge in [0.15, 0.2) is 5.75 Å². The summed E-state index contributed by atoms with van der Waals surface area (Å²) in [6.45, 7) is 2.70. The fraction of sp³-hybridized carbons (Fsp3) is 0.500. The van der Waals surface area contributed by atoms with Crippen LogP contribution in [0.2, 0.25) is 0 Å². The summed E-state index contributed by atoms with van der Waals surface area (Å²) in [5.74, 6) is 0.172. The Morgan fingerprint density at radius 3 is 2.76 bits per heavy atom. The van der Waals surface area contributed by atoms with E-state index in [0.29, 0.717) is 18.3 Å². The molecule has 1 aliphatic rings. The van der Waals surface area contributed by atoms with Crippen molar-refractivity contribution in [3.05, 3.63) is 28.3 Å². The second-order valence-electron chi connectivity index (χ2n) is 5.00. The number of rotatable bonds is 6. The Morgan fingerprint density at radius 1 is 1.52 bits per heavy atom. The number of carbonyl (C=O) groups excluding carboxylic acids is 1. The average Bonchev–Trinajstić information content (AvgIpc) is 3.29. The lowest BCUT2D eigenvalue weighted by atomic mass is 10.2. The van der Waals surface area contributed by atoms with Gasteiger partial charge in [-0.1, -0.05) is 6.92 Å². The summed E-state index contributed by atoms with van der Waals surface area (Å²) in [5, 5.41) is 13.7. The van der Waals surface area contributed by atoms with Crippen LogP contribution in [0.5, 0.6) is 5.75 Å². The topological polar surface area (TPSA) is 84.7 Å². The van der Waals surface area contributed by atoms with E-state index in [1.807, 2.05) is 6.92 Å². The first-order chi connectivity index (χ1) is 10.1. The molecule has 1 aromatic rings. The Morgan fingerprint density at radius 2 is 2.24 bits per heavy atom. The maximum absolute atomic E-state index is 12.2. The molecule has 1 fully saturated rings. The first-order valence-corrected chi connectivity index (χ1v) is 6.96. The molecule has 1 aliphatic carbocycles. The van der Waals surface area contributed by atoms with E-state index in [1.54, 1.807) is 11.0 Å². The maximum Gasteiger partial charge on any atom is 0.322 e. The number of carbonyl (C=O) groups is 1. The predicted octanol–water partition coefficient (Wildman–Crippen LogP) is 3.01. The molecule has 0 spiro atoms. The first-order valence-electron chi connectivity index (χ1n) is 6.96. The highest BCUT2D eigenvalue weighted by atomic mass is 16.6. The molecular weight excluding hydrogens is 274 g/mol. The van der Waals surface area contributed by atoms with Crippen molar-refractivity contribution in [1.29, 1.82) is 0 Å². The monoisotopic (exact) mass is 293 g/mol. The average molecular weight is 293 g/mol. The molecule has 21 heavy (non-hydrogen) atoms. The van der Waals surface area contributed by atoms with Crippen LogP contribution in [0.15, 0.2) is 18.2 Å². The fourth-order valence-electron chi connectivity index (χ4n) is 2.18. The zero-order valence-electron chi connectivity index (χ0n) is 12.2. The molecule has 0 saturated heterocycles. The number of hydrogen-bond donors (Lipinski definition) is 1. The number of nitro benzene ring substituents is 1. The molecule has 1 aromatic carbocycles. The third kappa shape index (κ3) is 3.62. The normalized spacial score (nSPS) is 13.6. The number of urea groups is 1. The summed E-state index contributed by atoms with van der Waals surface area (Å²) in [6.07, 6.45) is 2.93. The largest absolute Gasteiger partial charge is 0.490 e. The van der Waals surface area contributed by atoms with Crippen LogP contribution in [-0.4, -0.2) is 35.6 Å². The number of nitrogens with zero attached hydrogens (tertiary/aromatic N) is 2. The third-order valence-electron chi connectivity index (χ3n) is 3.34. The second kappa shape index (κ2) is 6.43. The van der Waals surface area contributed by atoms with Gasteiger partial charge in [0.25, 0.3) is 0 Å². The SMILES string of the molecule is CCCN(C(=O)Nc1ccc(OC)c([N+](=O)[O-])c1)C1CC1. The van der Waals surface area contributed by atoms with Crippen molar-refractivity contribution in [3.8, 4) is 5.75 Å². The zero-order chi connectivity index (χ0) is 15.4. The number of amides is 2. The minimum Gasteiger partial charge on any atom is -0.490 e. The number of nitro groups is 1. The molecule has 7 heteroatoms. The second-order valence-corrected chi connectivity index (χ2v) is 5.00. The van der Waals surface area contributed by atoms with Crippen LogP contribution in [0.1, 0.15) is 26.2 Å². The van der Waals surface area contributed by atoms with Crippen molar-refractivity contribution >= 4 is 17.4 Å². The molecule has 1 saturated carbocycles. The molecule has 0 atom stereocenters. The summed E-state index contributed by atoms with van der Waals surface area (Å²) in [5.41, 5.74) is 0.234. The highest BCUT2D eigenvalue weighted by Gasteiger charge is 2.32. The van der Waals surface area contributed by atoms with E-state index in [-0.39, 0.29) is 17.5 Å². The molecule has 0 unspecified atom stereocenters. The molecule has 0 radical (unpaired) electrons. The number of methoxy groups -OCH3 is 1. The van der Waals surface area contributed by atoms with E-state index < -0.39 is 4.92 Å². The van der Waals surface area contributed by atoms with Crippen molar-refractivity contribution < 1.29 is 14.5 Å². The van der Waals surface area contributed by atoms with E-state index in [2.05, 4.69) is 5.32 Å². The van der Waals surface area contributed by atoms with Gasteiger partial charge in [0.1, 0.15) is 0 Å². The Bertz CT molecular complexity index is 543. The number of benzene rings is 1. The lowest BCUT2D eigenvalue weighted by Gasteiger charge is -2.22. The molecule has 7 nitrogen and oxygen atoms in total. The molecule has 0 bridgehead atoms. The Hall–Kier alpha value is -2.31. The van der Waals surface area contributed by atoms with Gasteiger partial charge in [0, 0.05) is 24.3 Å². The number of ether oxygens (including phenoxy) is 1. The third-order valence-corrected chi connectivity index (χ3v) is 3.34. The number of nitrogens with one attached hydrogen (secondary N) is 1. The number of hydrogen-bond acceptors (Lipinski definition) is 4. The van der Waals surface area contributed by atoms with Crippen molar-refractivity contribution in [3.63, 3.8) is 0 Å². The van der Waals surface area contributed by atoms with Crippen molar-refractivity contribution in [2.45, 2.75) is 32.2 Å². The van der Waals surface area contributed by atoms with Gasteiger partial charge in [-0.15, -0.1) is 0 Å². The Labute approximate surface area is 123 Å². The molecule has 0 heterocycles.